The summed E-state index contributed by atoms with van der Waals surface area (Å²) in [6.07, 6.45) is 1.74. The van der Waals surface area contributed by atoms with Gasteiger partial charge in [0.05, 0.1) is 13.2 Å². The van der Waals surface area contributed by atoms with Gasteiger partial charge in [-0.25, -0.2) is 9.78 Å². The van der Waals surface area contributed by atoms with Crippen LogP contribution in [0.25, 0.3) is 0 Å². The molecular formula is C16H25N5O3. The SMILES string of the molecule is CC(C)C(NC(N)=O)C(=O)NCc1cccnc1N1CCOCC1. The number of anilines is 1. The second-order valence-corrected chi connectivity index (χ2v) is 6.03. The number of nitrogens with zero attached hydrogens (tertiary/aromatic N) is 2. The number of carbonyl (C=O) groups excluding carboxylic acids is 2. The van der Waals surface area contributed by atoms with Gasteiger partial charge in [-0.05, 0) is 12.0 Å². The molecule has 1 saturated heterocycles. The van der Waals surface area contributed by atoms with Crippen molar-refractivity contribution >= 4 is 17.8 Å². The van der Waals surface area contributed by atoms with E-state index >= 15 is 0 Å². The van der Waals surface area contributed by atoms with Gasteiger partial charge in [0.2, 0.25) is 5.91 Å². The number of ether oxygens (including phenoxy) is 1. The lowest BCUT2D eigenvalue weighted by Crippen LogP contribution is -2.51. The van der Waals surface area contributed by atoms with Crippen LogP contribution in [0.5, 0.6) is 0 Å². The van der Waals surface area contributed by atoms with Crippen LogP contribution < -0.4 is 21.3 Å². The van der Waals surface area contributed by atoms with Gasteiger partial charge in [0.1, 0.15) is 11.9 Å². The van der Waals surface area contributed by atoms with Gasteiger partial charge in [-0.15, -0.1) is 0 Å². The first-order valence-electron chi connectivity index (χ1n) is 8.09. The summed E-state index contributed by atoms with van der Waals surface area (Å²) in [5, 5.41) is 5.34. The van der Waals surface area contributed by atoms with Crippen molar-refractivity contribution in [2.75, 3.05) is 31.2 Å². The molecule has 1 unspecified atom stereocenters. The normalized spacial score (nSPS) is 15.9. The number of morpholine rings is 1. The average Bonchev–Trinajstić information content (AvgIpc) is 2.58. The van der Waals surface area contributed by atoms with Gasteiger partial charge < -0.3 is 26.0 Å². The average molecular weight is 335 g/mol. The zero-order valence-corrected chi connectivity index (χ0v) is 14.1. The molecule has 2 heterocycles. The van der Waals surface area contributed by atoms with Crippen LogP contribution in [0.4, 0.5) is 10.6 Å². The molecule has 1 fully saturated rings. The molecule has 3 amide bonds. The zero-order valence-electron chi connectivity index (χ0n) is 14.1. The number of nitrogens with one attached hydrogen (secondary N) is 2. The molecule has 1 aliphatic rings. The van der Waals surface area contributed by atoms with E-state index in [-0.39, 0.29) is 11.8 Å². The Kier molecular flexibility index (Phi) is 6.36. The summed E-state index contributed by atoms with van der Waals surface area (Å²) in [4.78, 5) is 30.0. The Morgan fingerprint density at radius 1 is 1.38 bits per heavy atom. The highest BCUT2D eigenvalue weighted by atomic mass is 16.5. The molecule has 8 heteroatoms. The Bertz CT molecular complexity index is 573. The monoisotopic (exact) mass is 335 g/mol. The first-order valence-corrected chi connectivity index (χ1v) is 8.09. The third kappa shape index (κ3) is 4.82. The standard InChI is InChI=1S/C16H25N5O3/c1-11(2)13(20-16(17)23)15(22)19-10-12-4-3-5-18-14(12)21-6-8-24-9-7-21/h3-5,11,13H,6-10H2,1-2H3,(H,19,22)(H3,17,20,23). The first kappa shape index (κ1) is 18.0. The van der Waals surface area contributed by atoms with Crippen LogP contribution in [0, 0.1) is 5.92 Å². The molecule has 4 N–H and O–H groups in total. The second kappa shape index (κ2) is 8.49. The molecule has 1 aliphatic heterocycles. The van der Waals surface area contributed by atoms with Gasteiger partial charge in [-0.2, -0.15) is 0 Å². The summed E-state index contributed by atoms with van der Waals surface area (Å²) in [5.74, 6) is 0.524. The van der Waals surface area contributed by atoms with Crippen LogP contribution in [-0.2, 0) is 16.1 Å². The van der Waals surface area contributed by atoms with E-state index in [4.69, 9.17) is 10.5 Å². The van der Waals surface area contributed by atoms with E-state index in [9.17, 15) is 9.59 Å². The highest BCUT2D eigenvalue weighted by molar-refractivity contribution is 5.86. The zero-order chi connectivity index (χ0) is 17.5. The minimum atomic E-state index is -0.709. The second-order valence-electron chi connectivity index (χ2n) is 6.03. The Morgan fingerprint density at radius 3 is 2.71 bits per heavy atom. The van der Waals surface area contributed by atoms with E-state index in [1.165, 1.54) is 0 Å². The van der Waals surface area contributed by atoms with Gasteiger partial charge in [0.15, 0.2) is 0 Å². The van der Waals surface area contributed by atoms with Crippen molar-refractivity contribution in [3.05, 3.63) is 23.9 Å². The van der Waals surface area contributed by atoms with Crippen LogP contribution in [0.2, 0.25) is 0 Å². The van der Waals surface area contributed by atoms with E-state index in [0.29, 0.717) is 19.8 Å². The van der Waals surface area contributed by atoms with Gasteiger partial charge >= 0.3 is 6.03 Å². The third-order valence-corrected chi connectivity index (χ3v) is 3.88. The lowest BCUT2D eigenvalue weighted by molar-refractivity contribution is -0.124. The van der Waals surface area contributed by atoms with Crippen molar-refractivity contribution < 1.29 is 14.3 Å². The number of amides is 3. The number of hydrogen-bond acceptors (Lipinski definition) is 5. The number of aromatic nitrogens is 1. The van der Waals surface area contributed by atoms with E-state index in [2.05, 4.69) is 20.5 Å². The highest BCUT2D eigenvalue weighted by Gasteiger charge is 2.23. The summed E-state index contributed by atoms with van der Waals surface area (Å²) >= 11 is 0. The summed E-state index contributed by atoms with van der Waals surface area (Å²) in [7, 11) is 0. The van der Waals surface area contributed by atoms with Gasteiger partial charge in [0.25, 0.3) is 0 Å². The predicted molar refractivity (Wildman–Crippen MR) is 90.5 cm³/mol. The summed E-state index contributed by atoms with van der Waals surface area (Å²) in [6, 6.07) is 2.40. The topological polar surface area (TPSA) is 110 Å². The maximum Gasteiger partial charge on any atom is 0.312 e. The minimum Gasteiger partial charge on any atom is -0.378 e. The van der Waals surface area contributed by atoms with E-state index in [1.54, 1.807) is 6.20 Å². The molecule has 0 aliphatic carbocycles. The number of hydrogen-bond donors (Lipinski definition) is 3. The summed E-state index contributed by atoms with van der Waals surface area (Å²) < 4.78 is 5.36. The number of rotatable bonds is 6. The highest BCUT2D eigenvalue weighted by Crippen LogP contribution is 2.18. The van der Waals surface area contributed by atoms with Crippen molar-refractivity contribution in [3.63, 3.8) is 0 Å². The lowest BCUT2D eigenvalue weighted by Gasteiger charge is -2.29. The molecule has 1 aromatic rings. The molecule has 0 saturated carbocycles. The van der Waals surface area contributed by atoms with Crippen molar-refractivity contribution in [2.45, 2.75) is 26.4 Å². The number of nitrogens with two attached hydrogens (primary N) is 1. The Balaban J connectivity index is 2.03. The van der Waals surface area contributed by atoms with Crippen molar-refractivity contribution in [1.82, 2.24) is 15.6 Å². The van der Waals surface area contributed by atoms with Crippen LogP contribution in [0.15, 0.2) is 18.3 Å². The summed E-state index contributed by atoms with van der Waals surface area (Å²) in [5.41, 5.74) is 6.06. The quantitative estimate of drug-likeness (QED) is 0.689. The Morgan fingerprint density at radius 2 is 2.08 bits per heavy atom. The molecule has 2 rings (SSSR count). The molecule has 0 aromatic carbocycles. The maximum atomic E-state index is 12.3. The Labute approximate surface area is 141 Å². The number of pyridine rings is 1. The van der Waals surface area contributed by atoms with Crippen LogP contribution in [0.3, 0.4) is 0 Å². The molecule has 132 valence electrons. The van der Waals surface area contributed by atoms with Gasteiger partial charge in [-0.3, -0.25) is 4.79 Å². The maximum absolute atomic E-state index is 12.3. The largest absolute Gasteiger partial charge is 0.378 e. The molecular weight excluding hydrogens is 310 g/mol. The molecule has 1 aromatic heterocycles. The molecule has 24 heavy (non-hydrogen) atoms. The molecule has 0 bridgehead atoms. The van der Waals surface area contributed by atoms with Crippen molar-refractivity contribution in [1.29, 1.82) is 0 Å². The van der Waals surface area contributed by atoms with E-state index < -0.39 is 12.1 Å². The first-order chi connectivity index (χ1) is 11.5. The van der Waals surface area contributed by atoms with Crippen molar-refractivity contribution in [2.24, 2.45) is 11.7 Å². The Hall–Kier alpha value is -2.35. The summed E-state index contributed by atoms with van der Waals surface area (Å²) in [6.45, 7) is 6.92. The van der Waals surface area contributed by atoms with E-state index in [0.717, 1.165) is 24.5 Å². The fourth-order valence-corrected chi connectivity index (χ4v) is 2.61. The third-order valence-electron chi connectivity index (χ3n) is 3.88. The minimum absolute atomic E-state index is 0.0647. The fourth-order valence-electron chi connectivity index (χ4n) is 2.61. The van der Waals surface area contributed by atoms with Gasteiger partial charge in [0, 0.05) is 31.4 Å². The number of urea groups is 1. The predicted octanol–water partition coefficient (Wildman–Crippen LogP) is 0.227. The molecule has 8 nitrogen and oxygen atoms in total. The van der Waals surface area contributed by atoms with Crippen molar-refractivity contribution in [3.8, 4) is 0 Å². The van der Waals surface area contributed by atoms with Crippen LogP contribution >= 0.6 is 0 Å². The van der Waals surface area contributed by atoms with E-state index in [1.807, 2.05) is 26.0 Å². The van der Waals surface area contributed by atoms with Crippen LogP contribution in [0.1, 0.15) is 19.4 Å². The van der Waals surface area contributed by atoms with Gasteiger partial charge in [-0.1, -0.05) is 19.9 Å². The molecule has 1 atom stereocenters. The smallest absolute Gasteiger partial charge is 0.312 e. The number of primary amides is 1. The molecule has 0 radical (unpaired) electrons. The van der Waals surface area contributed by atoms with Crippen LogP contribution in [-0.4, -0.2) is 49.3 Å². The molecule has 0 spiro atoms. The number of carbonyl (C=O) groups is 2. The lowest BCUT2D eigenvalue weighted by atomic mass is 10.0. The fraction of sp³-hybridized carbons (Fsp3) is 0.562.